The second kappa shape index (κ2) is 14.5. The highest BCUT2D eigenvalue weighted by molar-refractivity contribution is 5.74. The number of anilines is 1. The van der Waals surface area contributed by atoms with E-state index in [0.717, 1.165) is 6.42 Å². The summed E-state index contributed by atoms with van der Waals surface area (Å²) in [5.41, 5.74) is 0.534. The molecule has 0 fully saturated rings. The van der Waals surface area contributed by atoms with Crippen molar-refractivity contribution in [3.8, 4) is 29.0 Å². The van der Waals surface area contributed by atoms with Crippen molar-refractivity contribution >= 4 is 17.5 Å². The lowest BCUT2D eigenvalue weighted by molar-refractivity contribution is -0.385. The summed E-state index contributed by atoms with van der Waals surface area (Å²) >= 11 is 0. The molecular formula is C28H34N4O9. The summed E-state index contributed by atoms with van der Waals surface area (Å²) in [7, 11) is 6.08. The second-order valence-electron chi connectivity index (χ2n) is 8.87. The van der Waals surface area contributed by atoms with Crippen LogP contribution in [0.3, 0.4) is 0 Å². The molecule has 0 amide bonds. The fraction of sp³-hybridized carbons (Fsp3) is 0.393. The van der Waals surface area contributed by atoms with E-state index < -0.39 is 23.0 Å². The van der Waals surface area contributed by atoms with E-state index in [4.69, 9.17) is 23.7 Å². The minimum atomic E-state index is -1.28. The quantitative estimate of drug-likeness (QED) is 0.147. The number of carboxylic acids is 1. The highest BCUT2D eigenvalue weighted by atomic mass is 16.6. The molecule has 0 spiro atoms. The van der Waals surface area contributed by atoms with Gasteiger partial charge in [0, 0.05) is 36.3 Å². The van der Waals surface area contributed by atoms with Gasteiger partial charge in [-0.15, -0.1) is 0 Å². The molecule has 3 aromatic rings. The average Bonchev–Trinajstić information content (AvgIpc) is 2.96. The van der Waals surface area contributed by atoms with Gasteiger partial charge in [-0.3, -0.25) is 14.9 Å². The van der Waals surface area contributed by atoms with Crippen molar-refractivity contribution in [2.45, 2.75) is 39.3 Å². The molecule has 220 valence electrons. The van der Waals surface area contributed by atoms with E-state index in [0.29, 0.717) is 40.5 Å². The van der Waals surface area contributed by atoms with Gasteiger partial charge in [-0.25, -0.2) is 0 Å². The molecule has 0 saturated carbocycles. The Morgan fingerprint density at radius 1 is 0.927 bits per heavy atom. The normalized spacial score (nSPS) is 10.6. The zero-order chi connectivity index (χ0) is 29.9. The van der Waals surface area contributed by atoms with Crippen LogP contribution in [0.2, 0.25) is 0 Å². The summed E-state index contributed by atoms with van der Waals surface area (Å²) in [5.74, 6) is 0.714. The lowest BCUT2D eigenvalue weighted by Gasteiger charge is -2.26. The largest absolute Gasteiger partial charge is 0.497 e. The molecule has 13 heteroatoms. The van der Waals surface area contributed by atoms with Crippen LogP contribution in [-0.2, 0) is 24.3 Å². The Balaban J connectivity index is 2.24. The zero-order valence-electron chi connectivity index (χ0n) is 23.7. The first-order valence-electron chi connectivity index (χ1n) is 12.8. The molecule has 0 radical (unpaired) electrons. The number of ether oxygens (including phenoxy) is 5. The number of aromatic nitrogens is 2. The third-order valence-electron chi connectivity index (χ3n) is 6.16. The second-order valence-corrected chi connectivity index (χ2v) is 8.87. The van der Waals surface area contributed by atoms with Crippen LogP contribution in [0.1, 0.15) is 36.6 Å². The van der Waals surface area contributed by atoms with Crippen molar-refractivity contribution in [3.63, 3.8) is 0 Å². The van der Waals surface area contributed by atoms with Gasteiger partial charge in [0.05, 0.1) is 46.4 Å². The maximum atomic E-state index is 12.4. The first-order chi connectivity index (χ1) is 19.7. The highest BCUT2D eigenvalue weighted by Gasteiger charge is 2.31. The first kappa shape index (κ1) is 30.7. The van der Waals surface area contributed by atoms with E-state index in [2.05, 4.69) is 9.97 Å². The number of hydrogen-bond donors (Lipinski definition) is 1. The predicted octanol–water partition coefficient (Wildman–Crippen LogP) is 4.43. The van der Waals surface area contributed by atoms with Gasteiger partial charge < -0.3 is 33.7 Å². The minimum absolute atomic E-state index is 0.0844. The summed E-state index contributed by atoms with van der Waals surface area (Å²) in [5, 5.41) is 21.9. The topological polar surface area (TPSA) is 156 Å². The molecule has 1 aromatic heterocycles. The van der Waals surface area contributed by atoms with Gasteiger partial charge in [-0.1, -0.05) is 13.3 Å². The molecule has 0 aliphatic heterocycles. The van der Waals surface area contributed by atoms with Gasteiger partial charge in [-0.2, -0.15) is 9.97 Å². The van der Waals surface area contributed by atoms with Crippen LogP contribution in [-0.4, -0.2) is 61.0 Å². The van der Waals surface area contributed by atoms with E-state index >= 15 is 0 Å². The third kappa shape index (κ3) is 7.87. The van der Waals surface area contributed by atoms with E-state index in [1.165, 1.54) is 28.4 Å². The number of hydrogen-bond acceptors (Lipinski definition) is 11. The van der Waals surface area contributed by atoms with Crippen LogP contribution in [0.5, 0.6) is 29.0 Å². The van der Waals surface area contributed by atoms with E-state index in [1.54, 1.807) is 41.3 Å². The Bertz CT molecular complexity index is 1310. The first-order valence-corrected chi connectivity index (χ1v) is 12.8. The fourth-order valence-electron chi connectivity index (χ4n) is 4.09. The summed E-state index contributed by atoms with van der Waals surface area (Å²) in [6, 6.07) is 10.3. The molecule has 1 N–H and O–H groups in total. The zero-order valence-corrected chi connectivity index (χ0v) is 23.7. The Kier molecular flexibility index (Phi) is 10.9. The van der Waals surface area contributed by atoms with Gasteiger partial charge in [0.25, 0.3) is 0 Å². The molecule has 0 unspecified atom stereocenters. The van der Waals surface area contributed by atoms with E-state index in [9.17, 15) is 20.0 Å². The SMILES string of the molecule is CCCCOc1nc(CC(=O)O)c([N+](=O)[O-])c(N(Cc2ccc(OC)cc2OC)Cc2ccc(OC)cc2OC)n1. The van der Waals surface area contributed by atoms with Crippen LogP contribution in [0.4, 0.5) is 11.5 Å². The molecule has 0 atom stereocenters. The summed E-state index contributed by atoms with van der Waals surface area (Å²) in [6.45, 7) is 2.41. The molecule has 0 aliphatic rings. The number of rotatable bonds is 16. The molecule has 1 heterocycles. The van der Waals surface area contributed by atoms with Crippen LogP contribution >= 0.6 is 0 Å². The highest BCUT2D eigenvalue weighted by Crippen LogP contribution is 2.37. The number of methoxy groups -OCH3 is 4. The lowest BCUT2D eigenvalue weighted by Crippen LogP contribution is -2.26. The van der Waals surface area contributed by atoms with Crippen molar-refractivity contribution < 1.29 is 38.5 Å². The van der Waals surface area contributed by atoms with Crippen LogP contribution < -0.4 is 28.6 Å². The molecule has 2 aromatic carbocycles. The van der Waals surface area contributed by atoms with E-state index in [1.807, 2.05) is 6.92 Å². The van der Waals surface area contributed by atoms with Crippen LogP contribution in [0.15, 0.2) is 36.4 Å². The molecule has 0 saturated heterocycles. The summed E-state index contributed by atoms with van der Waals surface area (Å²) in [4.78, 5) is 33.6. The van der Waals surface area contributed by atoms with Crippen molar-refractivity contribution in [2.75, 3.05) is 39.9 Å². The number of aliphatic carboxylic acids is 1. The number of benzene rings is 2. The minimum Gasteiger partial charge on any atom is -0.497 e. The van der Waals surface area contributed by atoms with E-state index in [-0.39, 0.29) is 37.2 Å². The number of nitrogens with zero attached hydrogens (tertiary/aromatic N) is 4. The van der Waals surface area contributed by atoms with Crippen molar-refractivity contribution in [3.05, 3.63) is 63.3 Å². The van der Waals surface area contributed by atoms with Gasteiger partial charge in [-0.05, 0) is 30.7 Å². The van der Waals surface area contributed by atoms with Crippen LogP contribution in [0, 0.1) is 10.1 Å². The predicted molar refractivity (Wildman–Crippen MR) is 149 cm³/mol. The van der Waals surface area contributed by atoms with Gasteiger partial charge in [0.1, 0.15) is 28.7 Å². The van der Waals surface area contributed by atoms with Crippen LogP contribution in [0.25, 0.3) is 0 Å². The van der Waals surface area contributed by atoms with Crippen molar-refractivity contribution in [1.82, 2.24) is 9.97 Å². The number of carboxylic acid groups (broad SMARTS) is 1. The Morgan fingerprint density at radius 2 is 1.49 bits per heavy atom. The van der Waals surface area contributed by atoms with Gasteiger partial charge >= 0.3 is 17.7 Å². The van der Waals surface area contributed by atoms with Gasteiger partial charge in [0.2, 0.25) is 5.82 Å². The van der Waals surface area contributed by atoms with Crippen molar-refractivity contribution in [2.24, 2.45) is 0 Å². The molecular weight excluding hydrogens is 536 g/mol. The maximum absolute atomic E-state index is 12.4. The third-order valence-corrected chi connectivity index (χ3v) is 6.16. The lowest BCUT2D eigenvalue weighted by atomic mass is 10.1. The maximum Gasteiger partial charge on any atom is 0.333 e. The number of nitro groups is 1. The summed E-state index contributed by atoms with van der Waals surface area (Å²) < 4.78 is 27.5. The Labute approximate surface area is 237 Å². The monoisotopic (exact) mass is 570 g/mol. The smallest absolute Gasteiger partial charge is 0.333 e. The standard InChI is InChI=1S/C28H34N4O9/c1-6-7-12-41-28-29-22(15-25(33)34)26(32(35)36)27(30-28)31(16-18-8-10-20(37-2)13-23(18)39-4)17-19-9-11-21(38-3)14-24(19)40-5/h8-11,13-14H,6-7,12,15-17H2,1-5H3,(H,33,34). The molecule has 3 rings (SSSR count). The Morgan fingerprint density at radius 3 is 1.93 bits per heavy atom. The molecule has 13 nitrogen and oxygen atoms in total. The average molecular weight is 571 g/mol. The molecule has 0 bridgehead atoms. The Hall–Kier alpha value is -4.81. The van der Waals surface area contributed by atoms with Gasteiger partial charge in [0.15, 0.2) is 0 Å². The number of carbonyl (C=O) groups is 1. The number of unbranched alkanes of at least 4 members (excludes halogenated alkanes) is 1. The van der Waals surface area contributed by atoms with Crippen molar-refractivity contribution in [1.29, 1.82) is 0 Å². The molecule has 41 heavy (non-hydrogen) atoms. The fourth-order valence-corrected chi connectivity index (χ4v) is 4.09. The molecule has 0 aliphatic carbocycles. The summed E-state index contributed by atoms with van der Waals surface area (Å²) in [6.07, 6.45) is 0.837.